The third kappa shape index (κ3) is 2.40. The molecule has 0 saturated heterocycles. The molecule has 0 radical (unpaired) electrons. The van der Waals surface area contributed by atoms with E-state index in [1.807, 2.05) is 36.0 Å². The van der Waals surface area contributed by atoms with Crippen molar-refractivity contribution in [2.75, 3.05) is 0 Å². The van der Waals surface area contributed by atoms with Gasteiger partial charge >= 0.3 is 5.97 Å². The second-order valence-electron chi connectivity index (χ2n) is 4.27. The second kappa shape index (κ2) is 4.91. The highest BCUT2D eigenvalue weighted by Gasteiger charge is 2.22. The molecule has 16 heavy (non-hydrogen) atoms. The summed E-state index contributed by atoms with van der Waals surface area (Å²) in [5.41, 5.74) is 0.951. The fourth-order valence-corrected chi connectivity index (χ4v) is 3.21. The van der Waals surface area contributed by atoms with Crippen LogP contribution in [0.1, 0.15) is 37.7 Å². The molecule has 0 amide bonds. The number of hydrogen-bond acceptors (Lipinski definition) is 2. The molecular weight excluding hydrogens is 220 g/mol. The van der Waals surface area contributed by atoms with Gasteiger partial charge in [0, 0.05) is 10.1 Å². The molecule has 3 heteroatoms. The Morgan fingerprint density at radius 2 is 2.12 bits per heavy atom. The largest absolute Gasteiger partial charge is 0.481 e. The highest BCUT2D eigenvalue weighted by atomic mass is 32.2. The van der Waals surface area contributed by atoms with Crippen LogP contribution in [0.3, 0.4) is 0 Å². The van der Waals surface area contributed by atoms with E-state index in [-0.39, 0.29) is 0 Å². The van der Waals surface area contributed by atoms with Gasteiger partial charge in [0.25, 0.3) is 0 Å². The van der Waals surface area contributed by atoms with Crippen molar-refractivity contribution in [3.05, 3.63) is 29.8 Å². The average Bonchev–Trinajstić information content (AvgIpc) is 2.23. The summed E-state index contributed by atoms with van der Waals surface area (Å²) < 4.78 is 0. The van der Waals surface area contributed by atoms with E-state index in [0.29, 0.717) is 5.25 Å². The molecule has 86 valence electrons. The summed E-state index contributed by atoms with van der Waals surface area (Å²) in [5, 5.41) is 9.75. The highest BCUT2D eigenvalue weighted by Crippen LogP contribution is 2.39. The van der Waals surface area contributed by atoms with Crippen LogP contribution in [-0.4, -0.2) is 16.3 Å². The zero-order chi connectivity index (χ0) is 11.5. The fraction of sp³-hybridized carbons (Fsp3) is 0.462. The summed E-state index contributed by atoms with van der Waals surface area (Å²) in [5.74, 6) is -1.16. The summed E-state index contributed by atoms with van der Waals surface area (Å²) >= 11 is 1.84. The van der Waals surface area contributed by atoms with Crippen LogP contribution in [-0.2, 0) is 4.79 Å². The Labute approximate surface area is 100 Å². The summed E-state index contributed by atoms with van der Waals surface area (Å²) in [6.45, 7) is 1.75. The molecule has 1 aromatic rings. The molecule has 2 nitrogen and oxygen atoms in total. The van der Waals surface area contributed by atoms with E-state index in [1.54, 1.807) is 6.92 Å². The molecule has 1 N–H and O–H groups in total. The van der Waals surface area contributed by atoms with Gasteiger partial charge in [-0.25, -0.2) is 0 Å². The van der Waals surface area contributed by atoms with Gasteiger partial charge in [0.15, 0.2) is 0 Å². The maximum atomic E-state index is 11.0. The maximum Gasteiger partial charge on any atom is 0.310 e. The normalized spacial score (nSPS) is 17.8. The van der Waals surface area contributed by atoms with E-state index in [2.05, 4.69) is 0 Å². The first kappa shape index (κ1) is 11.5. The summed E-state index contributed by atoms with van der Waals surface area (Å²) in [7, 11) is 0. The highest BCUT2D eigenvalue weighted by molar-refractivity contribution is 8.00. The van der Waals surface area contributed by atoms with E-state index in [0.717, 1.165) is 10.5 Å². The Bertz CT molecular complexity index is 385. The summed E-state index contributed by atoms with van der Waals surface area (Å²) in [4.78, 5) is 12.2. The van der Waals surface area contributed by atoms with E-state index in [1.165, 1.54) is 19.3 Å². The van der Waals surface area contributed by atoms with E-state index < -0.39 is 11.9 Å². The van der Waals surface area contributed by atoms with Crippen molar-refractivity contribution in [3.63, 3.8) is 0 Å². The van der Waals surface area contributed by atoms with Crippen LogP contribution in [0, 0.1) is 0 Å². The molecule has 0 bridgehead atoms. The summed E-state index contributed by atoms with van der Waals surface area (Å²) in [6, 6.07) is 7.87. The van der Waals surface area contributed by atoms with Crippen LogP contribution in [0.5, 0.6) is 0 Å². The minimum absolute atomic E-state index is 0.413. The molecule has 1 fully saturated rings. The Morgan fingerprint density at radius 3 is 2.69 bits per heavy atom. The van der Waals surface area contributed by atoms with E-state index in [9.17, 15) is 4.79 Å². The van der Waals surface area contributed by atoms with Gasteiger partial charge in [-0.15, -0.1) is 11.8 Å². The van der Waals surface area contributed by atoms with Crippen LogP contribution in [0.25, 0.3) is 0 Å². The smallest absolute Gasteiger partial charge is 0.310 e. The van der Waals surface area contributed by atoms with Crippen LogP contribution >= 0.6 is 11.8 Å². The van der Waals surface area contributed by atoms with E-state index >= 15 is 0 Å². The Morgan fingerprint density at radius 1 is 1.44 bits per heavy atom. The molecule has 0 heterocycles. The van der Waals surface area contributed by atoms with Crippen LogP contribution in [0.4, 0.5) is 0 Å². The Balaban J connectivity index is 2.18. The minimum atomic E-state index is -0.748. The minimum Gasteiger partial charge on any atom is -0.481 e. The van der Waals surface area contributed by atoms with Crippen molar-refractivity contribution in [1.82, 2.24) is 0 Å². The second-order valence-corrected chi connectivity index (χ2v) is 5.61. The standard InChI is InChI=1S/C13H16O2S/c1-9(13(14)15)11-7-2-3-8-12(11)16-10-5-4-6-10/h2-3,7-10H,4-6H2,1H3,(H,14,15). The number of benzene rings is 1. The molecule has 2 rings (SSSR count). The molecule has 1 aliphatic rings. The number of thioether (sulfide) groups is 1. The van der Waals surface area contributed by atoms with Gasteiger partial charge in [-0.3, -0.25) is 4.79 Å². The molecule has 1 aliphatic carbocycles. The average molecular weight is 236 g/mol. The summed E-state index contributed by atoms with van der Waals surface area (Å²) in [6.07, 6.45) is 3.84. The van der Waals surface area contributed by atoms with Gasteiger partial charge in [0.2, 0.25) is 0 Å². The topological polar surface area (TPSA) is 37.3 Å². The number of hydrogen-bond donors (Lipinski definition) is 1. The third-order valence-electron chi connectivity index (χ3n) is 3.10. The zero-order valence-corrected chi connectivity index (χ0v) is 10.2. The van der Waals surface area contributed by atoms with Crippen LogP contribution in [0.15, 0.2) is 29.2 Å². The first-order valence-electron chi connectivity index (χ1n) is 5.67. The van der Waals surface area contributed by atoms with Crippen LogP contribution < -0.4 is 0 Å². The van der Waals surface area contributed by atoms with Crippen molar-refractivity contribution in [3.8, 4) is 0 Å². The first-order chi connectivity index (χ1) is 7.68. The number of carbonyl (C=O) groups is 1. The van der Waals surface area contributed by atoms with Crippen molar-refractivity contribution in [1.29, 1.82) is 0 Å². The number of rotatable bonds is 4. The van der Waals surface area contributed by atoms with Gasteiger partial charge in [0.05, 0.1) is 5.92 Å². The molecule has 1 atom stereocenters. The number of aliphatic carboxylic acids is 1. The molecule has 1 saturated carbocycles. The monoisotopic (exact) mass is 236 g/mol. The predicted molar refractivity (Wildman–Crippen MR) is 66.0 cm³/mol. The predicted octanol–water partition coefficient (Wildman–Crippen LogP) is 3.52. The number of carboxylic acid groups (broad SMARTS) is 1. The maximum absolute atomic E-state index is 11.0. The van der Waals surface area contributed by atoms with Gasteiger partial charge < -0.3 is 5.11 Å². The SMILES string of the molecule is CC(C(=O)O)c1ccccc1SC1CCC1. The molecule has 0 spiro atoms. The van der Waals surface area contributed by atoms with Gasteiger partial charge in [-0.05, 0) is 31.4 Å². The van der Waals surface area contributed by atoms with Crippen molar-refractivity contribution in [2.24, 2.45) is 0 Å². The molecule has 0 aromatic heterocycles. The quantitative estimate of drug-likeness (QED) is 0.869. The van der Waals surface area contributed by atoms with Gasteiger partial charge in [0.1, 0.15) is 0 Å². The fourth-order valence-electron chi connectivity index (χ4n) is 1.75. The number of carboxylic acids is 1. The zero-order valence-electron chi connectivity index (χ0n) is 9.35. The van der Waals surface area contributed by atoms with Gasteiger partial charge in [-0.2, -0.15) is 0 Å². The molecular formula is C13H16O2S. The first-order valence-corrected chi connectivity index (χ1v) is 6.55. The van der Waals surface area contributed by atoms with Crippen LogP contribution in [0.2, 0.25) is 0 Å². The van der Waals surface area contributed by atoms with Crippen molar-refractivity contribution in [2.45, 2.75) is 42.2 Å². The molecule has 1 aromatic carbocycles. The van der Waals surface area contributed by atoms with Crippen molar-refractivity contribution >= 4 is 17.7 Å². The lowest BCUT2D eigenvalue weighted by molar-refractivity contribution is -0.138. The molecule has 1 unspecified atom stereocenters. The molecule has 0 aliphatic heterocycles. The van der Waals surface area contributed by atoms with Gasteiger partial charge in [-0.1, -0.05) is 24.6 Å². The third-order valence-corrected chi connectivity index (χ3v) is 4.53. The lowest BCUT2D eigenvalue weighted by Gasteiger charge is -2.26. The van der Waals surface area contributed by atoms with E-state index in [4.69, 9.17) is 5.11 Å². The lowest BCUT2D eigenvalue weighted by Crippen LogP contribution is -2.14. The Hall–Kier alpha value is -0.960. The Kier molecular flexibility index (Phi) is 3.54. The van der Waals surface area contributed by atoms with Crippen molar-refractivity contribution < 1.29 is 9.90 Å². The lowest BCUT2D eigenvalue weighted by atomic mass is 10.00.